The van der Waals surface area contributed by atoms with E-state index in [1.807, 2.05) is 0 Å². The standard InChI is InChI=1S/C14H20N2O5.ClH/c1-14(2,15)13(20)16-9(12(19)21-3)6-8-4-5-10(17)11(18)7-8;/h4-5,7,9,17-18H,6,15H2,1-3H3,(H,16,20);1H/t9-;/m0./s1. The fraction of sp³-hybridized carbons (Fsp3) is 0.429. The number of hydrogen-bond donors (Lipinski definition) is 4. The van der Waals surface area contributed by atoms with Crippen molar-refractivity contribution in [2.24, 2.45) is 5.73 Å². The van der Waals surface area contributed by atoms with Crippen LogP contribution in [-0.4, -0.2) is 40.8 Å². The lowest BCUT2D eigenvalue weighted by Gasteiger charge is -2.23. The van der Waals surface area contributed by atoms with E-state index in [0.29, 0.717) is 5.56 Å². The molecule has 0 heterocycles. The second kappa shape index (κ2) is 7.86. The molecule has 0 fully saturated rings. The molecule has 0 aliphatic rings. The summed E-state index contributed by atoms with van der Waals surface area (Å²) in [5, 5.41) is 21.2. The lowest BCUT2D eigenvalue weighted by atomic mass is 10.0. The Morgan fingerprint density at radius 3 is 2.36 bits per heavy atom. The monoisotopic (exact) mass is 332 g/mol. The van der Waals surface area contributed by atoms with Gasteiger partial charge in [0, 0.05) is 6.42 Å². The van der Waals surface area contributed by atoms with Gasteiger partial charge in [0.2, 0.25) is 5.91 Å². The third-order valence-corrected chi connectivity index (χ3v) is 2.86. The first-order chi connectivity index (χ1) is 9.65. The number of carbonyl (C=O) groups is 2. The van der Waals surface area contributed by atoms with Crippen molar-refractivity contribution in [1.29, 1.82) is 0 Å². The number of nitrogens with one attached hydrogen (secondary N) is 1. The third-order valence-electron chi connectivity index (χ3n) is 2.86. The molecule has 0 saturated carbocycles. The fourth-order valence-electron chi connectivity index (χ4n) is 1.61. The Labute approximate surface area is 134 Å². The lowest BCUT2D eigenvalue weighted by molar-refractivity contribution is -0.145. The highest BCUT2D eigenvalue weighted by atomic mass is 35.5. The van der Waals surface area contributed by atoms with Crippen LogP contribution in [0.15, 0.2) is 18.2 Å². The van der Waals surface area contributed by atoms with Crippen LogP contribution in [0.4, 0.5) is 0 Å². The largest absolute Gasteiger partial charge is 0.504 e. The van der Waals surface area contributed by atoms with Crippen LogP contribution in [0.3, 0.4) is 0 Å². The Hall–Kier alpha value is -1.99. The van der Waals surface area contributed by atoms with Crippen molar-refractivity contribution in [3.8, 4) is 11.5 Å². The average molecular weight is 333 g/mol. The molecule has 0 aliphatic heterocycles. The zero-order valence-electron chi connectivity index (χ0n) is 12.6. The molecule has 0 bridgehead atoms. The van der Waals surface area contributed by atoms with Gasteiger partial charge in [0.05, 0.1) is 12.6 Å². The number of carbonyl (C=O) groups excluding carboxylic acids is 2. The number of ether oxygens (including phenoxy) is 1. The number of amides is 1. The van der Waals surface area contributed by atoms with Crippen LogP contribution in [0, 0.1) is 0 Å². The number of phenolic OH excluding ortho intramolecular Hbond substituents is 2. The first-order valence-corrected chi connectivity index (χ1v) is 6.33. The van der Waals surface area contributed by atoms with Gasteiger partial charge in [0.25, 0.3) is 0 Å². The molecule has 0 aliphatic carbocycles. The van der Waals surface area contributed by atoms with Crippen molar-refractivity contribution in [3.63, 3.8) is 0 Å². The van der Waals surface area contributed by atoms with Crippen LogP contribution >= 0.6 is 12.4 Å². The summed E-state index contributed by atoms with van der Waals surface area (Å²) in [6.07, 6.45) is 0.0995. The minimum absolute atomic E-state index is 0. The number of esters is 1. The molecule has 0 unspecified atom stereocenters. The molecular formula is C14H21ClN2O5. The molecule has 5 N–H and O–H groups in total. The molecule has 0 radical (unpaired) electrons. The molecule has 1 aromatic carbocycles. The predicted molar refractivity (Wildman–Crippen MR) is 82.9 cm³/mol. The molecule has 124 valence electrons. The van der Waals surface area contributed by atoms with Gasteiger partial charge >= 0.3 is 5.97 Å². The zero-order valence-corrected chi connectivity index (χ0v) is 13.4. The van der Waals surface area contributed by atoms with Crippen molar-refractivity contribution in [2.45, 2.75) is 31.8 Å². The summed E-state index contributed by atoms with van der Waals surface area (Å²) in [5.41, 5.74) is 5.09. The highest BCUT2D eigenvalue weighted by Gasteiger charge is 2.28. The topological polar surface area (TPSA) is 122 Å². The van der Waals surface area contributed by atoms with Crippen LogP contribution in [0.5, 0.6) is 11.5 Å². The van der Waals surface area contributed by atoms with Crippen LogP contribution < -0.4 is 11.1 Å². The number of hydrogen-bond acceptors (Lipinski definition) is 6. The SMILES string of the molecule is COC(=O)[C@H](Cc1ccc(O)c(O)c1)NC(=O)C(C)(C)N.Cl. The maximum atomic E-state index is 11.9. The number of rotatable bonds is 5. The molecule has 7 nitrogen and oxygen atoms in total. The molecule has 1 atom stereocenters. The van der Waals surface area contributed by atoms with Gasteiger partial charge in [0.15, 0.2) is 11.5 Å². The summed E-state index contributed by atoms with van der Waals surface area (Å²) in [7, 11) is 1.21. The number of methoxy groups -OCH3 is 1. The molecule has 0 spiro atoms. The summed E-state index contributed by atoms with van der Waals surface area (Å²) >= 11 is 0. The van der Waals surface area contributed by atoms with Gasteiger partial charge in [0.1, 0.15) is 6.04 Å². The van der Waals surface area contributed by atoms with Crippen LogP contribution in [0.25, 0.3) is 0 Å². The summed E-state index contributed by atoms with van der Waals surface area (Å²) in [5.74, 6) is -1.69. The van der Waals surface area contributed by atoms with Crippen molar-refractivity contribution in [1.82, 2.24) is 5.32 Å². The van der Waals surface area contributed by atoms with Gasteiger partial charge in [-0.25, -0.2) is 4.79 Å². The first-order valence-electron chi connectivity index (χ1n) is 6.33. The third kappa shape index (κ3) is 5.42. The van der Waals surface area contributed by atoms with E-state index in [1.54, 1.807) is 0 Å². The number of phenols is 2. The molecule has 8 heteroatoms. The first kappa shape index (κ1) is 20.0. The van der Waals surface area contributed by atoms with E-state index in [9.17, 15) is 19.8 Å². The van der Waals surface area contributed by atoms with E-state index in [4.69, 9.17) is 5.73 Å². The molecule has 0 saturated heterocycles. The van der Waals surface area contributed by atoms with Crippen molar-refractivity contribution >= 4 is 24.3 Å². The van der Waals surface area contributed by atoms with Gasteiger partial charge in [-0.1, -0.05) is 6.07 Å². The second-order valence-electron chi connectivity index (χ2n) is 5.30. The van der Waals surface area contributed by atoms with Gasteiger partial charge in [-0.3, -0.25) is 4.79 Å². The van der Waals surface area contributed by atoms with E-state index >= 15 is 0 Å². The Morgan fingerprint density at radius 1 is 1.32 bits per heavy atom. The Morgan fingerprint density at radius 2 is 1.91 bits per heavy atom. The zero-order chi connectivity index (χ0) is 16.2. The number of benzene rings is 1. The normalized spacial score (nSPS) is 12.0. The highest BCUT2D eigenvalue weighted by Crippen LogP contribution is 2.25. The van der Waals surface area contributed by atoms with Gasteiger partial charge in [-0.15, -0.1) is 12.4 Å². The summed E-state index contributed by atoms with van der Waals surface area (Å²) in [6, 6.07) is 3.21. The minimum Gasteiger partial charge on any atom is -0.504 e. The number of aromatic hydroxyl groups is 2. The van der Waals surface area contributed by atoms with Crippen LogP contribution in [0.2, 0.25) is 0 Å². The van der Waals surface area contributed by atoms with E-state index in [0.717, 1.165) is 0 Å². The van der Waals surface area contributed by atoms with E-state index < -0.39 is 23.5 Å². The Bertz CT molecular complexity index is 543. The highest BCUT2D eigenvalue weighted by molar-refractivity contribution is 5.89. The number of halogens is 1. The molecule has 1 aromatic rings. The van der Waals surface area contributed by atoms with Gasteiger partial charge in [-0.05, 0) is 31.5 Å². The lowest BCUT2D eigenvalue weighted by Crippen LogP contribution is -2.54. The van der Waals surface area contributed by atoms with E-state index in [2.05, 4.69) is 10.1 Å². The van der Waals surface area contributed by atoms with Crippen molar-refractivity contribution in [3.05, 3.63) is 23.8 Å². The van der Waals surface area contributed by atoms with E-state index in [1.165, 1.54) is 39.2 Å². The maximum Gasteiger partial charge on any atom is 0.328 e. The molecule has 22 heavy (non-hydrogen) atoms. The molecule has 1 amide bonds. The fourth-order valence-corrected chi connectivity index (χ4v) is 1.61. The summed E-state index contributed by atoms with van der Waals surface area (Å²) < 4.78 is 4.65. The molecule has 0 aromatic heterocycles. The Kier molecular flexibility index (Phi) is 7.15. The van der Waals surface area contributed by atoms with Crippen molar-refractivity contribution < 1.29 is 24.5 Å². The Balaban J connectivity index is 0.00000441. The van der Waals surface area contributed by atoms with Crippen LogP contribution in [0.1, 0.15) is 19.4 Å². The summed E-state index contributed by atoms with van der Waals surface area (Å²) in [4.78, 5) is 23.6. The average Bonchev–Trinajstić information content (AvgIpc) is 2.40. The predicted octanol–water partition coefficient (Wildman–Crippen LogP) is 0.457. The maximum absolute atomic E-state index is 11.9. The molecule has 1 rings (SSSR count). The number of nitrogens with two attached hydrogens (primary N) is 1. The minimum atomic E-state index is -1.14. The summed E-state index contributed by atoms with van der Waals surface area (Å²) in [6.45, 7) is 3.03. The molecular weight excluding hydrogens is 312 g/mol. The van der Waals surface area contributed by atoms with Gasteiger partial charge in [-0.2, -0.15) is 0 Å². The van der Waals surface area contributed by atoms with Gasteiger partial charge < -0.3 is 26.0 Å². The quantitative estimate of drug-likeness (QED) is 0.459. The smallest absolute Gasteiger partial charge is 0.328 e. The van der Waals surface area contributed by atoms with E-state index in [-0.39, 0.29) is 30.3 Å². The second-order valence-corrected chi connectivity index (χ2v) is 5.30. The van der Waals surface area contributed by atoms with Crippen molar-refractivity contribution in [2.75, 3.05) is 7.11 Å². The van der Waals surface area contributed by atoms with Crippen LogP contribution in [-0.2, 0) is 20.7 Å².